The lowest BCUT2D eigenvalue weighted by Crippen LogP contribution is -2.53. The summed E-state index contributed by atoms with van der Waals surface area (Å²) in [6.07, 6.45) is 6.12. The van der Waals surface area contributed by atoms with Crippen LogP contribution in [0.3, 0.4) is 0 Å². The van der Waals surface area contributed by atoms with Crippen molar-refractivity contribution >= 4 is 11.9 Å². The van der Waals surface area contributed by atoms with Crippen LogP contribution < -0.4 is 5.32 Å². The molecule has 0 aromatic rings. The molecule has 1 unspecified atom stereocenters. The number of hydrogen-bond acceptors (Lipinski definition) is 2. The van der Waals surface area contributed by atoms with Gasteiger partial charge in [-0.15, -0.1) is 0 Å². The minimum Gasteiger partial charge on any atom is -0.480 e. The van der Waals surface area contributed by atoms with E-state index in [4.69, 9.17) is 5.11 Å². The number of nitrogens with one attached hydrogen (secondary N) is 1. The summed E-state index contributed by atoms with van der Waals surface area (Å²) in [4.78, 5) is 23.1. The highest BCUT2D eigenvalue weighted by molar-refractivity contribution is 5.85. The van der Waals surface area contributed by atoms with Crippen LogP contribution in [0.15, 0.2) is 0 Å². The van der Waals surface area contributed by atoms with E-state index in [1.54, 1.807) is 0 Å². The Morgan fingerprint density at radius 2 is 1.56 bits per heavy atom. The molecule has 4 heteroatoms. The lowest BCUT2D eigenvalue weighted by Gasteiger charge is -2.53. The first-order valence-corrected chi connectivity index (χ1v) is 7.07. The van der Waals surface area contributed by atoms with Gasteiger partial charge in [0.05, 0.1) is 0 Å². The maximum absolute atomic E-state index is 12.3. The fourth-order valence-corrected chi connectivity index (χ4v) is 4.72. The molecule has 4 rings (SSSR count). The second kappa shape index (κ2) is 4.25. The summed E-state index contributed by atoms with van der Waals surface area (Å²) < 4.78 is 0. The molecule has 4 saturated carbocycles. The number of carbonyl (C=O) groups excluding carboxylic acids is 1. The fraction of sp³-hybridized carbons (Fsp3) is 0.857. The van der Waals surface area contributed by atoms with E-state index in [2.05, 4.69) is 5.32 Å². The summed E-state index contributed by atoms with van der Waals surface area (Å²) in [7, 11) is 0. The molecule has 4 nitrogen and oxygen atoms in total. The molecule has 0 aromatic heterocycles. The predicted molar refractivity (Wildman–Crippen MR) is 65.8 cm³/mol. The monoisotopic (exact) mass is 251 g/mol. The highest BCUT2D eigenvalue weighted by Crippen LogP contribution is 2.56. The van der Waals surface area contributed by atoms with E-state index >= 15 is 0 Å². The van der Waals surface area contributed by atoms with Gasteiger partial charge in [-0.1, -0.05) is 0 Å². The van der Waals surface area contributed by atoms with Crippen molar-refractivity contribution in [3.05, 3.63) is 0 Å². The van der Waals surface area contributed by atoms with Crippen molar-refractivity contribution in [1.82, 2.24) is 5.32 Å². The van der Waals surface area contributed by atoms with Crippen molar-refractivity contribution in [3.8, 4) is 0 Å². The molecule has 0 radical (unpaired) electrons. The van der Waals surface area contributed by atoms with Gasteiger partial charge in [0, 0.05) is 5.92 Å². The van der Waals surface area contributed by atoms with Gasteiger partial charge in [0.1, 0.15) is 6.04 Å². The summed E-state index contributed by atoms with van der Waals surface area (Å²) in [6, 6.07) is -0.769. The Labute approximate surface area is 107 Å². The van der Waals surface area contributed by atoms with E-state index in [0.29, 0.717) is 11.8 Å². The Balaban J connectivity index is 1.69. The van der Waals surface area contributed by atoms with Gasteiger partial charge >= 0.3 is 5.97 Å². The minimum absolute atomic E-state index is 0.0151. The third-order valence-electron chi connectivity index (χ3n) is 5.26. The van der Waals surface area contributed by atoms with E-state index in [0.717, 1.165) is 11.8 Å². The first-order chi connectivity index (χ1) is 8.54. The topological polar surface area (TPSA) is 66.4 Å². The van der Waals surface area contributed by atoms with E-state index < -0.39 is 12.0 Å². The molecule has 2 N–H and O–H groups in total. The number of carbonyl (C=O) groups is 2. The van der Waals surface area contributed by atoms with Crippen LogP contribution in [-0.4, -0.2) is 23.0 Å². The van der Waals surface area contributed by atoms with Crippen molar-refractivity contribution in [3.63, 3.8) is 0 Å². The molecule has 1 amide bonds. The summed E-state index contributed by atoms with van der Waals surface area (Å²) in [5, 5.41) is 11.5. The molecule has 4 fully saturated rings. The van der Waals surface area contributed by atoms with Crippen LogP contribution in [0.25, 0.3) is 0 Å². The standard InChI is InChI=1S/C14H21NO3/c1-7(14(17)18)15-13(16)12-10-3-8-2-9(5-10)6-11(12)4-8/h7-12H,2-6H2,1H3,(H,15,16)(H,17,18). The van der Waals surface area contributed by atoms with Crippen LogP contribution >= 0.6 is 0 Å². The lowest BCUT2D eigenvalue weighted by atomic mass is 9.51. The van der Waals surface area contributed by atoms with Crippen LogP contribution in [0.5, 0.6) is 0 Å². The second-order valence-corrected chi connectivity index (χ2v) is 6.53. The van der Waals surface area contributed by atoms with Gasteiger partial charge in [-0.2, -0.15) is 0 Å². The average molecular weight is 251 g/mol. The maximum Gasteiger partial charge on any atom is 0.325 e. The Hall–Kier alpha value is -1.06. The molecule has 1 atom stereocenters. The normalized spacial score (nSPS) is 42.6. The van der Waals surface area contributed by atoms with Gasteiger partial charge in [-0.3, -0.25) is 9.59 Å². The van der Waals surface area contributed by atoms with Crippen LogP contribution in [0.2, 0.25) is 0 Å². The molecule has 0 spiro atoms. The zero-order chi connectivity index (χ0) is 12.9. The van der Waals surface area contributed by atoms with Crippen molar-refractivity contribution in [2.75, 3.05) is 0 Å². The van der Waals surface area contributed by atoms with Gasteiger partial charge in [0.2, 0.25) is 5.91 Å². The molecule has 18 heavy (non-hydrogen) atoms. The van der Waals surface area contributed by atoms with E-state index in [-0.39, 0.29) is 11.8 Å². The maximum atomic E-state index is 12.3. The molecule has 4 aliphatic rings. The van der Waals surface area contributed by atoms with Gasteiger partial charge in [0.15, 0.2) is 0 Å². The van der Waals surface area contributed by atoms with Gasteiger partial charge in [-0.05, 0) is 62.7 Å². The summed E-state index contributed by atoms with van der Waals surface area (Å²) in [6.45, 7) is 1.54. The molecule has 4 bridgehead atoms. The van der Waals surface area contributed by atoms with Crippen LogP contribution in [0.1, 0.15) is 39.0 Å². The second-order valence-electron chi connectivity index (χ2n) is 6.53. The van der Waals surface area contributed by atoms with E-state index in [1.165, 1.54) is 39.0 Å². The minimum atomic E-state index is -0.952. The number of carboxylic acid groups (broad SMARTS) is 1. The largest absolute Gasteiger partial charge is 0.480 e. The zero-order valence-corrected chi connectivity index (χ0v) is 10.8. The van der Waals surface area contributed by atoms with Crippen LogP contribution in [0, 0.1) is 29.6 Å². The Morgan fingerprint density at radius 1 is 1.06 bits per heavy atom. The molecule has 0 aromatic carbocycles. The average Bonchev–Trinajstić information content (AvgIpc) is 2.26. The highest BCUT2D eigenvalue weighted by atomic mass is 16.4. The first kappa shape index (κ1) is 12.0. The zero-order valence-electron chi connectivity index (χ0n) is 10.8. The Bertz CT molecular complexity index is 351. The van der Waals surface area contributed by atoms with Crippen LogP contribution in [0.4, 0.5) is 0 Å². The number of hydrogen-bond donors (Lipinski definition) is 2. The number of rotatable bonds is 3. The predicted octanol–water partition coefficient (Wildman–Crippen LogP) is 1.65. The number of amides is 1. The quantitative estimate of drug-likeness (QED) is 0.801. The van der Waals surface area contributed by atoms with Crippen molar-refractivity contribution in [1.29, 1.82) is 0 Å². The fourth-order valence-electron chi connectivity index (χ4n) is 4.72. The molecule has 0 saturated heterocycles. The molecule has 100 valence electrons. The summed E-state index contributed by atoms with van der Waals surface area (Å²) >= 11 is 0. The third-order valence-corrected chi connectivity index (χ3v) is 5.26. The number of aliphatic carboxylic acids is 1. The highest BCUT2D eigenvalue weighted by Gasteiger charge is 2.50. The molecule has 4 aliphatic carbocycles. The van der Waals surface area contributed by atoms with Crippen molar-refractivity contribution in [2.45, 2.75) is 45.1 Å². The van der Waals surface area contributed by atoms with E-state index in [1.807, 2.05) is 0 Å². The lowest BCUT2D eigenvalue weighted by molar-refractivity contribution is -0.146. The molecular formula is C14H21NO3. The molecule has 0 aliphatic heterocycles. The Morgan fingerprint density at radius 3 is 2.00 bits per heavy atom. The first-order valence-electron chi connectivity index (χ1n) is 7.07. The van der Waals surface area contributed by atoms with Crippen LogP contribution in [-0.2, 0) is 9.59 Å². The van der Waals surface area contributed by atoms with Gasteiger partial charge < -0.3 is 10.4 Å². The Kier molecular flexibility index (Phi) is 2.83. The van der Waals surface area contributed by atoms with Gasteiger partial charge in [-0.25, -0.2) is 0 Å². The van der Waals surface area contributed by atoms with E-state index in [9.17, 15) is 9.59 Å². The summed E-state index contributed by atoms with van der Waals surface area (Å²) in [5.74, 6) is 1.83. The third kappa shape index (κ3) is 1.91. The van der Waals surface area contributed by atoms with Gasteiger partial charge in [0.25, 0.3) is 0 Å². The summed E-state index contributed by atoms with van der Waals surface area (Å²) in [5.41, 5.74) is 0. The SMILES string of the molecule is CC(NC(=O)C1C2CC3CC(C2)CC1C3)C(=O)O. The van der Waals surface area contributed by atoms with Crippen molar-refractivity contribution < 1.29 is 14.7 Å². The van der Waals surface area contributed by atoms with Crippen molar-refractivity contribution in [2.24, 2.45) is 29.6 Å². The molecular weight excluding hydrogens is 230 g/mol. The smallest absolute Gasteiger partial charge is 0.325 e. The number of carboxylic acids is 1. The molecule has 0 heterocycles.